The van der Waals surface area contributed by atoms with Crippen molar-refractivity contribution in [2.75, 3.05) is 13.6 Å². The van der Waals surface area contributed by atoms with E-state index in [1.54, 1.807) is 66.7 Å². The van der Waals surface area contributed by atoms with Gasteiger partial charge in [0.15, 0.2) is 33.3 Å². The van der Waals surface area contributed by atoms with Gasteiger partial charge in [-0.25, -0.2) is 0 Å². The molecule has 19 heteroatoms. The van der Waals surface area contributed by atoms with E-state index in [0.717, 1.165) is 40.2 Å². The number of carbonyl (C=O) groups is 2. The Morgan fingerprint density at radius 1 is 0.603 bits per heavy atom. The summed E-state index contributed by atoms with van der Waals surface area (Å²) in [5, 5.41) is 4.98. The van der Waals surface area contributed by atoms with E-state index in [1.165, 1.54) is 30.6 Å². The minimum absolute atomic E-state index is 0.00450. The minimum Gasteiger partial charge on any atom is -0.454 e. The maximum atomic E-state index is 13.1. The highest BCUT2D eigenvalue weighted by atomic mass is 32.2. The van der Waals surface area contributed by atoms with Gasteiger partial charge in [0.2, 0.25) is 13.6 Å². The average Bonchev–Trinajstić information content (AvgIpc) is 4.03. The van der Waals surface area contributed by atoms with E-state index in [2.05, 4.69) is 24.4 Å². The minimum atomic E-state index is -4.06. The predicted molar refractivity (Wildman–Crippen MR) is 218 cm³/mol. The summed E-state index contributed by atoms with van der Waals surface area (Å²) in [6.45, 7) is 0.317. The van der Waals surface area contributed by atoms with Gasteiger partial charge in [0.25, 0.3) is 31.9 Å². The van der Waals surface area contributed by atoms with E-state index in [4.69, 9.17) is 18.9 Å². The first-order valence-electron chi connectivity index (χ1n) is 17.0. The van der Waals surface area contributed by atoms with E-state index in [1.807, 2.05) is 30.3 Å². The molecule has 4 aliphatic rings. The second-order valence-corrected chi connectivity index (χ2v) is 17.4. The van der Waals surface area contributed by atoms with Crippen LogP contribution in [0.2, 0.25) is 0 Å². The third-order valence-electron chi connectivity index (χ3n) is 8.28. The summed E-state index contributed by atoms with van der Waals surface area (Å²) in [7, 11) is -8.01. The summed E-state index contributed by atoms with van der Waals surface area (Å²) in [4.78, 5) is 28.9. The molecule has 9 rings (SSSR count). The zero-order valence-corrected chi connectivity index (χ0v) is 32.9. The van der Waals surface area contributed by atoms with Crippen molar-refractivity contribution in [1.29, 1.82) is 0 Å². The standard InChI is InChI=1S/C23H16N2O5S2.C16H11N3O5S2/c26-22-20(13-15-10-11-18-19(12-15)30-14-29-18)31-23(24-22)25-32(27,28)21-9-5-4-8-17(21)16-6-2-1-3-7-16;20-15-14(7-10-3-4-12-13(6-10)24-9-23-12)25-16(18-15)19-26(21,22)11-2-1-5-17-8-11/h1-13H,14H2,(H,24,25,26);1-8H,9H2,(H,18,19,20). The maximum Gasteiger partial charge on any atom is 0.286 e. The Morgan fingerprint density at radius 2 is 1.14 bits per heavy atom. The number of amidine groups is 2. The predicted octanol–water partition coefficient (Wildman–Crippen LogP) is 5.79. The molecular formula is C39H27N5O10S4. The Balaban J connectivity index is 0.000000165. The number of carbonyl (C=O) groups excluding carboxylic acids is 2. The molecule has 0 saturated carbocycles. The van der Waals surface area contributed by atoms with Crippen molar-refractivity contribution in [3.8, 4) is 34.1 Å². The second kappa shape index (κ2) is 16.2. The molecule has 2 amide bonds. The smallest absolute Gasteiger partial charge is 0.286 e. The van der Waals surface area contributed by atoms with Gasteiger partial charge in [-0.05, 0) is 94.8 Å². The Kier molecular flexibility index (Phi) is 10.8. The monoisotopic (exact) mass is 853 g/mol. The summed E-state index contributed by atoms with van der Waals surface area (Å²) in [6.07, 6.45) is 5.94. The summed E-state index contributed by atoms with van der Waals surface area (Å²) < 4.78 is 79.4. The van der Waals surface area contributed by atoms with E-state index in [0.29, 0.717) is 38.4 Å². The van der Waals surface area contributed by atoms with Crippen molar-refractivity contribution in [1.82, 2.24) is 15.6 Å². The highest BCUT2D eigenvalue weighted by molar-refractivity contribution is 8.19. The van der Waals surface area contributed by atoms with Crippen LogP contribution in [0.3, 0.4) is 0 Å². The number of pyridine rings is 1. The number of nitrogens with zero attached hydrogens (tertiary/aromatic N) is 3. The molecule has 0 aliphatic carbocycles. The third-order valence-corrected chi connectivity index (χ3v) is 12.9. The van der Waals surface area contributed by atoms with Crippen LogP contribution in [0.5, 0.6) is 23.0 Å². The molecule has 15 nitrogen and oxygen atoms in total. The van der Waals surface area contributed by atoms with Gasteiger partial charge < -0.3 is 18.9 Å². The van der Waals surface area contributed by atoms with Crippen LogP contribution in [-0.4, -0.2) is 57.6 Å². The molecule has 292 valence electrons. The van der Waals surface area contributed by atoms with Crippen molar-refractivity contribution in [2.24, 2.45) is 8.80 Å². The highest BCUT2D eigenvalue weighted by Crippen LogP contribution is 2.37. The SMILES string of the molecule is O=C1NC(=NS(=O)(=O)c2ccccc2-c2ccccc2)SC1=Cc1ccc2c(c1)OCO2.O=C1NC(=NS(=O)(=O)c2cccnc2)SC1=Cc1ccc2c(c1)OCO2. The van der Waals surface area contributed by atoms with E-state index in [9.17, 15) is 26.4 Å². The number of benzene rings is 4. The van der Waals surface area contributed by atoms with Crippen molar-refractivity contribution < 1.29 is 45.4 Å². The maximum absolute atomic E-state index is 13.1. The van der Waals surface area contributed by atoms with E-state index >= 15 is 0 Å². The van der Waals surface area contributed by atoms with Crippen LogP contribution >= 0.6 is 23.5 Å². The first kappa shape index (κ1) is 38.5. The molecular weight excluding hydrogens is 827 g/mol. The van der Waals surface area contributed by atoms with Gasteiger partial charge in [0.1, 0.15) is 4.90 Å². The van der Waals surface area contributed by atoms with Crippen LogP contribution in [0.4, 0.5) is 0 Å². The van der Waals surface area contributed by atoms with Gasteiger partial charge in [-0.2, -0.15) is 16.8 Å². The van der Waals surface area contributed by atoms with Gasteiger partial charge in [-0.15, -0.1) is 8.80 Å². The fraction of sp³-hybridized carbons (Fsp3) is 0.0513. The normalized spacial score (nSPS) is 18.3. The van der Waals surface area contributed by atoms with Crippen molar-refractivity contribution in [3.05, 3.63) is 136 Å². The lowest BCUT2D eigenvalue weighted by Gasteiger charge is -2.08. The average molecular weight is 854 g/mol. The summed E-state index contributed by atoms with van der Waals surface area (Å²) in [5.41, 5.74) is 2.76. The molecule has 5 aromatic rings. The Labute approximate surface area is 340 Å². The molecule has 2 N–H and O–H groups in total. The van der Waals surface area contributed by atoms with Crippen LogP contribution in [0, 0.1) is 0 Å². The molecule has 0 radical (unpaired) electrons. The van der Waals surface area contributed by atoms with Crippen LogP contribution in [0.15, 0.2) is 144 Å². The lowest BCUT2D eigenvalue weighted by molar-refractivity contribution is -0.116. The number of hydrogen-bond donors (Lipinski definition) is 2. The van der Waals surface area contributed by atoms with Gasteiger partial charge in [-0.1, -0.05) is 60.7 Å². The van der Waals surface area contributed by atoms with Crippen molar-refractivity contribution in [3.63, 3.8) is 0 Å². The second-order valence-electron chi connectivity index (χ2n) is 12.1. The van der Waals surface area contributed by atoms with Crippen molar-refractivity contribution >= 4 is 77.9 Å². The summed E-state index contributed by atoms with van der Waals surface area (Å²) in [6, 6.07) is 29.3. The van der Waals surface area contributed by atoms with Crippen LogP contribution in [0.1, 0.15) is 11.1 Å². The summed E-state index contributed by atoms with van der Waals surface area (Å²) in [5.74, 6) is 1.62. The number of fused-ring (bicyclic) bond motifs is 2. The number of sulfonamides is 2. The fourth-order valence-electron chi connectivity index (χ4n) is 5.62. The number of ether oxygens (including phenoxy) is 4. The Morgan fingerprint density at radius 3 is 1.71 bits per heavy atom. The zero-order valence-electron chi connectivity index (χ0n) is 29.6. The number of nitrogens with one attached hydrogen (secondary N) is 2. The van der Waals surface area contributed by atoms with Crippen LogP contribution < -0.4 is 29.6 Å². The molecule has 0 bridgehead atoms. The molecule has 58 heavy (non-hydrogen) atoms. The Bertz CT molecular complexity index is 2810. The number of hydrogen-bond acceptors (Lipinski definition) is 13. The molecule has 5 heterocycles. The third kappa shape index (κ3) is 8.61. The lowest BCUT2D eigenvalue weighted by atomic mass is 10.1. The van der Waals surface area contributed by atoms with Gasteiger partial charge in [0.05, 0.1) is 14.7 Å². The molecule has 4 aromatic carbocycles. The van der Waals surface area contributed by atoms with Crippen molar-refractivity contribution in [2.45, 2.75) is 9.79 Å². The topological polar surface area (TPSA) is 201 Å². The molecule has 4 aliphatic heterocycles. The van der Waals surface area contributed by atoms with Crippen LogP contribution in [-0.2, 0) is 29.6 Å². The fourth-order valence-corrected chi connectivity index (χ4v) is 9.78. The van der Waals surface area contributed by atoms with Gasteiger partial charge in [0, 0.05) is 18.0 Å². The van der Waals surface area contributed by atoms with Gasteiger partial charge >= 0.3 is 0 Å². The zero-order chi connectivity index (χ0) is 40.3. The number of thioether (sulfide) groups is 2. The largest absolute Gasteiger partial charge is 0.454 e. The van der Waals surface area contributed by atoms with Gasteiger partial charge in [-0.3, -0.25) is 25.2 Å². The molecule has 0 unspecified atom stereocenters. The number of amides is 2. The molecule has 1 aromatic heterocycles. The first-order chi connectivity index (χ1) is 28.0. The quantitative estimate of drug-likeness (QED) is 0.187. The lowest BCUT2D eigenvalue weighted by Crippen LogP contribution is -2.21. The molecule has 2 saturated heterocycles. The first-order valence-corrected chi connectivity index (χ1v) is 21.5. The van der Waals surface area contributed by atoms with E-state index in [-0.39, 0.29) is 33.7 Å². The molecule has 0 spiro atoms. The number of aromatic nitrogens is 1. The molecule has 0 atom stereocenters. The Hall–Kier alpha value is -6.41. The molecule has 2 fully saturated rings. The summed E-state index contributed by atoms with van der Waals surface area (Å²) >= 11 is 1.92. The highest BCUT2D eigenvalue weighted by Gasteiger charge is 2.29. The number of rotatable bonds is 7. The van der Waals surface area contributed by atoms with E-state index < -0.39 is 31.9 Å². The van der Waals surface area contributed by atoms with Crippen LogP contribution in [0.25, 0.3) is 23.3 Å².